The van der Waals surface area contributed by atoms with Crippen LogP contribution in [0, 0.1) is 18.3 Å². The Kier molecular flexibility index (Phi) is 8.27. The van der Waals surface area contributed by atoms with Gasteiger partial charge in [-0.1, -0.05) is 30.2 Å². The monoisotopic (exact) mass is 438 g/mol. The minimum absolute atomic E-state index is 0.0534. The predicted octanol–water partition coefficient (Wildman–Crippen LogP) is 4.34. The number of esters is 1. The lowest BCUT2D eigenvalue weighted by atomic mass is 9.79. The number of terminal acetylenes is 1. The summed E-state index contributed by atoms with van der Waals surface area (Å²) in [6.07, 6.45) is 16.9. The highest BCUT2D eigenvalue weighted by Crippen LogP contribution is 2.37. The van der Waals surface area contributed by atoms with E-state index >= 15 is 0 Å². The Hall–Kier alpha value is -2.62. The highest BCUT2D eigenvalue weighted by atomic mass is 32.2. The molecule has 2 aliphatic rings. The van der Waals surface area contributed by atoms with Crippen molar-refractivity contribution in [1.29, 1.82) is 0 Å². The molecule has 0 aliphatic heterocycles. The topological polar surface area (TPSA) is 50.8 Å². The van der Waals surface area contributed by atoms with Gasteiger partial charge in [-0.25, -0.2) is 0 Å². The summed E-state index contributed by atoms with van der Waals surface area (Å²) in [6, 6.07) is 8.17. The van der Waals surface area contributed by atoms with Crippen molar-refractivity contribution in [1.82, 2.24) is 9.62 Å². The van der Waals surface area contributed by atoms with E-state index in [1.54, 1.807) is 19.1 Å². The molecule has 2 aliphatic carbocycles. The second kappa shape index (κ2) is 11.1. The van der Waals surface area contributed by atoms with Gasteiger partial charge in [0.05, 0.1) is 27.2 Å². The van der Waals surface area contributed by atoms with Crippen molar-refractivity contribution in [2.45, 2.75) is 43.2 Å². The van der Waals surface area contributed by atoms with Crippen LogP contribution in [0.5, 0.6) is 5.75 Å². The van der Waals surface area contributed by atoms with Crippen LogP contribution in [0.3, 0.4) is 0 Å². The van der Waals surface area contributed by atoms with Crippen LogP contribution in [0.15, 0.2) is 64.7 Å². The molecule has 1 N–H and O–H groups in total. The van der Waals surface area contributed by atoms with Crippen LogP contribution in [0.25, 0.3) is 0 Å². The summed E-state index contributed by atoms with van der Waals surface area (Å²) in [5.41, 5.74) is 2.36. The van der Waals surface area contributed by atoms with Gasteiger partial charge in [0.25, 0.3) is 0 Å². The molecule has 3 rings (SSSR count). The minimum atomic E-state index is -0.232. The zero-order valence-corrected chi connectivity index (χ0v) is 19.2. The number of ether oxygens (including phenoxy) is 2. The molecule has 0 fully saturated rings. The molecule has 164 valence electrons. The SMILES string of the molecule is C#CCN(C1=C2C=CCCC2C(NSc2cccc(OC)c2)C=C1)C(C)CC(=O)OC. The summed E-state index contributed by atoms with van der Waals surface area (Å²) < 4.78 is 13.8. The van der Waals surface area contributed by atoms with Gasteiger partial charge >= 0.3 is 5.97 Å². The number of rotatable bonds is 9. The van der Waals surface area contributed by atoms with Crippen LogP contribution in [-0.2, 0) is 9.53 Å². The molecular formula is C25H30N2O3S. The predicted molar refractivity (Wildman–Crippen MR) is 125 cm³/mol. The molecule has 0 spiro atoms. The lowest BCUT2D eigenvalue weighted by molar-refractivity contribution is -0.141. The van der Waals surface area contributed by atoms with E-state index in [2.05, 4.69) is 45.9 Å². The fraction of sp³-hybridized carbons (Fsp3) is 0.400. The van der Waals surface area contributed by atoms with Gasteiger partial charge in [0.2, 0.25) is 0 Å². The molecule has 1 aromatic rings. The smallest absolute Gasteiger partial charge is 0.307 e. The molecule has 0 bridgehead atoms. The molecule has 1 aromatic carbocycles. The van der Waals surface area contributed by atoms with Crippen molar-refractivity contribution in [3.8, 4) is 18.1 Å². The van der Waals surface area contributed by atoms with Crippen molar-refractivity contribution in [3.05, 3.63) is 59.8 Å². The summed E-state index contributed by atoms with van der Waals surface area (Å²) in [5, 5.41) is 0. The largest absolute Gasteiger partial charge is 0.497 e. The van der Waals surface area contributed by atoms with Gasteiger partial charge in [-0.3, -0.25) is 9.52 Å². The second-order valence-corrected chi connectivity index (χ2v) is 8.58. The standard InChI is InChI=1S/C25H30N2O3S/c1-5-15-27(18(2)16-25(28)30-4)24-14-13-23(21-11-6-7-12-22(21)24)26-31-20-10-8-9-19(17-20)29-3/h1,7-10,12-14,17-18,21,23,26H,6,11,15-16H2,2-4H3. The van der Waals surface area contributed by atoms with E-state index in [0.717, 1.165) is 29.2 Å². The van der Waals surface area contributed by atoms with Gasteiger partial charge in [0.1, 0.15) is 5.75 Å². The first-order valence-electron chi connectivity index (χ1n) is 10.5. The maximum absolute atomic E-state index is 11.8. The van der Waals surface area contributed by atoms with Gasteiger partial charge in [0, 0.05) is 28.6 Å². The molecule has 6 heteroatoms. The summed E-state index contributed by atoms with van der Waals surface area (Å²) in [4.78, 5) is 15.1. The normalized spacial score (nSPS) is 20.6. The number of hydrogen-bond acceptors (Lipinski definition) is 6. The van der Waals surface area contributed by atoms with Crippen molar-refractivity contribution in [2.24, 2.45) is 5.92 Å². The number of benzene rings is 1. The molecule has 0 amide bonds. The Balaban J connectivity index is 1.79. The Labute approximate surface area is 189 Å². The van der Waals surface area contributed by atoms with Gasteiger partial charge in [-0.15, -0.1) is 6.42 Å². The fourth-order valence-electron chi connectivity index (χ4n) is 4.03. The maximum atomic E-state index is 11.8. The lowest BCUT2D eigenvalue weighted by Crippen LogP contribution is -2.40. The number of nitrogens with one attached hydrogen (secondary N) is 1. The first-order valence-corrected chi connectivity index (χ1v) is 11.3. The van der Waals surface area contributed by atoms with E-state index in [0.29, 0.717) is 18.9 Å². The molecule has 5 nitrogen and oxygen atoms in total. The summed E-state index contributed by atoms with van der Waals surface area (Å²) in [6.45, 7) is 2.46. The number of fused-ring (bicyclic) bond motifs is 1. The number of carbonyl (C=O) groups is 1. The number of nitrogens with zero attached hydrogens (tertiary/aromatic N) is 1. The number of methoxy groups -OCH3 is 2. The van der Waals surface area contributed by atoms with Crippen LogP contribution < -0.4 is 9.46 Å². The molecule has 3 unspecified atom stereocenters. The number of hydrogen-bond donors (Lipinski definition) is 1. The molecule has 0 saturated carbocycles. The van der Waals surface area contributed by atoms with E-state index in [4.69, 9.17) is 15.9 Å². The Morgan fingerprint density at radius 3 is 2.97 bits per heavy atom. The van der Waals surface area contributed by atoms with Crippen molar-refractivity contribution >= 4 is 17.9 Å². The van der Waals surface area contributed by atoms with Crippen molar-refractivity contribution < 1.29 is 14.3 Å². The van der Waals surface area contributed by atoms with Crippen molar-refractivity contribution in [3.63, 3.8) is 0 Å². The third kappa shape index (κ3) is 5.75. The van der Waals surface area contributed by atoms with E-state index < -0.39 is 0 Å². The van der Waals surface area contributed by atoms with Gasteiger partial charge < -0.3 is 14.4 Å². The summed E-state index contributed by atoms with van der Waals surface area (Å²) in [5.74, 6) is 3.71. The highest BCUT2D eigenvalue weighted by Gasteiger charge is 2.31. The summed E-state index contributed by atoms with van der Waals surface area (Å²) >= 11 is 1.61. The first-order chi connectivity index (χ1) is 15.1. The molecule has 0 radical (unpaired) electrons. The average Bonchev–Trinajstić information content (AvgIpc) is 2.81. The van der Waals surface area contributed by atoms with E-state index in [9.17, 15) is 4.79 Å². The first kappa shape index (κ1) is 23.1. The lowest BCUT2D eigenvalue weighted by Gasteiger charge is -2.39. The molecule has 0 heterocycles. The van der Waals surface area contributed by atoms with Crippen LogP contribution >= 0.6 is 11.9 Å². The van der Waals surface area contributed by atoms with E-state index in [-0.39, 0.29) is 18.1 Å². The fourth-order valence-corrected chi connectivity index (χ4v) is 4.87. The quantitative estimate of drug-likeness (QED) is 0.352. The minimum Gasteiger partial charge on any atom is -0.497 e. The molecule has 0 saturated heterocycles. The van der Waals surface area contributed by atoms with Gasteiger partial charge in [-0.2, -0.15) is 0 Å². The zero-order valence-electron chi connectivity index (χ0n) is 18.3. The third-order valence-electron chi connectivity index (χ3n) is 5.68. The number of carbonyl (C=O) groups excluding carboxylic acids is 1. The third-order valence-corrected chi connectivity index (χ3v) is 6.56. The molecule has 3 atom stereocenters. The van der Waals surface area contributed by atoms with Gasteiger partial charge in [-0.05, 0) is 61.6 Å². The Bertz CT molecular complexity index is 916. The maximum Gasteiger partial charge on any atom is 0.307 e. The molecular weight excluding hydrogens is 408 g/mol. The average molecular weight is 439 g/mol. The van der Waals surface area contributed by atoms with Crippen LogP contribution in [0.4, 0.5) is 0 Å². The molecule has 31 heavy (non-hydrogen) atoms. The van der Waals surface area contributed by atoms with Gasteiger partial charge in [0.15, 0.2) is 0 Å². The van der Waals surface area contributed by atoms with E-state index in [1.807, 2.05) is 25.1 Å². The Morgan fingerprint density at radius 1 is 1.39 bits per heavy atom. The van der Waals surface area contributed by atoms with Crippen LogP contribution in [-0.4, -0.2) is 43.7 Å². The molecule has 0 aromatic heterocycles. The van der Waals surface area contributed by atoms with E-state index in [1.165, 1.54) is 12.7 Å². The zero-order chi connectivity index (χ0) is 22.2. The Morgan fingerprint density at radius 2 is 2.23 bits per heavy atom. The number of allylic oxidation sites excluding steroid dienone is 3. The van der Waals surface area contributed by atoms with Crippen LogP contribution in [0.2, 0.25) is 0 Å². The van der Waals surface area contributed by atoms with Crippen LogP contribution in [0.1, 0.15) is 26.2 Å². The highest BCUT2D eigenvalue weighted by molar-refractivity contribution is 7.97. The summed E-state index contributed by atoms with van der Waals surface area (Å²) in [7, 11) is 3.09. The van der Waals surface area contributed by atoms with Crippen molar-refractivity contribution in [2.75, 3.05) is 20.8 Å². The second-order valence-electron chi connectivity index (χ2n) is 7.67.